The number of carbonyl (C=O) groups is 2. The maximum absolute atomic E-state index is 12.7. The van der Waals surface area contributed by atoms with Crippen molar-refractivity contribution >= 4 is 34.8 Å². The van der Waals surface area contributed by atoms with Crippen molar-refractivity contribution in [1.29, 1.82) is 0 Å². The summed E-state index contributed by atoms with van der Waals surface area (Å²) in [4.78, 5) is 26.9. The van der Waals surface area contributed by atoms with E-state index in [0.717, 1.165) is 50.9 Å². The van der Waals surface area contributed by atoms with E-state index in [1.165, 1.54) is 0 Å². The molecule has 1 aliphatic heterocycles. The minimum atomic E-state index is -0.158. The summed E-state index contributed by atoms with van der Waals surface area (Å²) in [6.45, 7) is 4.23. The van der Waals surface area contributed by atoms with Crippen LogP contribution in [0.4, 0.5) is 11.4 Å². The third kappa shape index (κ3) is 4.66. The fourth-order valence-corrected chi connectivity index (χ4v) is 3.42. The number of anilines is 2. The van der Waals surface area contributed by atoms with Crippen LogP contribution in [-0.2, 0) is 9.59 Å². The van der Waals surface area contributed by atoms with E-state index in [1.807, 2.05) is 17.0 Å². The van der Waals surface area contributed by atoms with Crippen LogP contribution in [0, 0.1) is 11.8 Å². The molecule has 0 radical (unpaired) electrons. The smallest absolute Gasteiger partial charge is 0.229 e. The quantitative estimate of drug-likeness (QED) is 0.809. The maximum Gasteiger partial charge on any atom is 0.229 e. The Labute approximate surface area is 154 Å². The average Bonchev–Trinajstić information content (AvgIpc) is 3.45. The second-order valence-electron chi connectivity index (χ2n) is 7.00. The van der Waals surface area contributed by atoms with Gasteiger partial charge in [0.2, 0.25) is 11.8 Å². The summed E-state index contributed by atoms with van der Waals surface area (Å²) in [5.74, 6) is 0.245. The summed E-state index contributed by atoms with van der Waals surface area (Å²) in [5.41, 5.74) is 1.58. The molecule has 1 aromatic rings. The molecule has 1 aliphatic carbocycles. The van der Waals surface area contributed by atoms with Gasteiger partial charge in [-0.2, -0.15) is 0 Å². The van der Waals surface area contributed by atoms with Gasteiger partial charge in [0.1, 0.15) is 0 Å². The van der Waals surface area contributed by atoms with Gasteiger partial charge in [-0.1, -0.05) is 18.5 Å². The summed E-state index contributed by atoms with van der Waals surface area (Å²) in [6.07, 6.45) is 4.70. The van der Waals surface area contributed by atoms with Crippen molar-refractivity contribution in [3.05, 3.63) is 23.2 Å². The van der Waals surface area contributed by atoms with Gasteiger partial charge in [-0.15, -0.1) is 0 Å². The summed E-state index contributed by atoms with van der Waals surface area (Å²) < 4.78 is 0. The van der Waals surface area contributed by atoms with Crippen LogP contribution >= 0.6 is 11.6 Å². The lowest BCUT2D eigenvalue weighted by Crippen LogP contribution is -2.44. The molecule has 2 fully saturated rings. The molecule has 2 aliphatic rings. The normalized spacial score (nSPS) is 20.2. The Morgan fingerprint density at radius 3 is 2.72 bits per heavy atom. The molecule has 1 aromatic carbocycles. The fourth-order valence-electron chi connectivity index (χ4n) is 3.25. The summed E-state index contributed by atoms with van der Waals surface area (Å²) in [7, 11) is 0. The predicted molar refractivity (Wildman–Crippen MR) is 101 cm³/mol. The van der Waals surface area contributed by atoms with Gasteiger partial charge >= 0.3 is 0 Å². The molecule has 3 rings (SSSR count). The molecular weight excluding hydrogens is 338 g/mol. The first-order valence-electron chi connectivity index (χ1n) is 9.21. The molecule has 25 heavy (non-hydrogen) atoms. The van der Waals surface area contributed by atoms with Crippen LogP contribution in [0.5, 0.6) is 0 Å². The van der Waals surface area contributed by atoms with Gasteiger partial charge < -0.3 is 15.5 Å². The average molecular weight is 364 g/mol. The Morgan fingerprint density at radius 1 is 1.20 bits per heavy atom. The molecule has 0 bridgehead atoms. The number of halogens is 1. The van der Waals surface area contributed by atoms with Gasteiger partial charge in [-0.3, -0.25) is 9.59 Å². The zero-order chi connectivity index (χ0) is 17.8. The van der Waals surface area contributed by atoms with E-state index in [-0.39, 0.29) is 23.7 Å². The number of hydrogen-bond donors (Lipinski definition) is 2. The number of nitrogens with one attached hydrogen (secondary N) is 2. The standard InChI is InChI=1S/C19H26ClN3O2/c1-2-9-21-16-8-7-15(20)11-17(16)22-18(24)14-4-3-10-23(12-14)19(25)13-5-6-13/h7-8,11,13-14,21H,2-6,9-10,12H2,1H3,(H,22,24). The van der Waals surface area contributed by atoms with E-state index < -0.39 is 0 Å². The molecule has 1 saturated carbocycles. The maximum atomic E-state index is 12.7. The van der Waals surface area contributed by atoms with Crippen LogP contribution in [0.2, 0.25) is 5.02 Å². The van der Waals surface area contributed by atoms with Crippen LogP contribution in [0.25, 0.3) is 0 Å². The molecule has 0 aromatic heterocycles. The Kier molecular flexibility index (Phi) is 5.84. The van der Waals surface area contributed by atoms with E-state index in [0.29, 0.717) is 17.3 Å². The SMILES string of the molecule is CCCNc1ccc(Cl)cc1NC(=O)C1CCCN(C(=O)C2CC2)C1. The van der Waals surface area contributed by atoms with Gasteiger partial charge in [0.15, 0.2) is 0 Å². The van der Waals surface area contributed by atoms with E-state index in [2.05, 4.69) is 17.6 Å². The highest BCUT2D eigenvalue weighted by molar-refractivity contribution is 6.31. The molecule has 1 atom stereocenters. The lowest BCUT2D eigenvalue weighted by Gasteiger charge is -2.32. The van der Waals surface area contributed by atoms with Gasteiger partial charge in [-0.05, 0) is 50.3 Å². The van der Waals surface area contributed by atoms with E-state index in [4.69, 9.17) is 11.6 Å². The van der Waals surface area contributed by atoms with Crippen molar-refractivity contribution in [1.82, 2.24) is 4.90 Å². The van der Waals surface area contributed by atoms with Crippen LogP contribution in [0.15, 0.2) is 18.2 Å². The number of benzene rings is 1. The number of nitrogens with zero attached hydrogens (tertiary/aromatic N) is 1. The number of amides is 2. The van der Waals surface area contributed by atoms with Crippen molar-refractivity contribution < 1.29 is 9.59 Å². The number of piperidine rings is 1. The number of carbonyl (C=O) groups excluding carboxylic acids is 2. The molecule has 2 amide bonds. The van der Waals surface area contributed by atoms with Gasteiger partial charge in [-0.25, -0.2) is 0 Å². The van der Waals surface area contributed by atoms with Crippen molar-refractivity contribution in [2.75, 3.05) is 30.3 Å². The zero-order valence-electron chi connectivity index (χ0n) is 14.7. The van der Waals surface area contributed by atoms with Crippen LogP contribution in [0.1, 0.15) is 39.0 Å². The Bertz CT molecular complexity index is 646. The molecule has 2 N–H and O–H groups in total. The Morgan fingerprint density at radius 2 is 2.00 bits per heavy atom. The van der Waals surface area contributed by atoms with Gasteiger partial charge in [0, 0.05) is 30.6 Å². The van der Waals surface area contributed by atoms with Crippen LogP contribution < -0.4 is 10.6 Å². The molecule has 1 saturated heterocycles. The van der Waals surface area contributed by atoms with E-state index in [1.54, 1.807) is 6.07 Å². The van der Waals surface area contributed by atoms with Gasteiger partial charge in [0.25, 0.3) is 0 Å². The van der Waals surface area contributed by atoms with Crippen molar-refractivity contribution in [3.8, 4) is 0 Å². The second-order valence-corrected chi connectivity index (χ2v) is 7.44. The number of likely N-dealkylation sites (tertiary alicyclic amines) is 1. The Hall–Kier alpha value is -1.75. The lowest BCUT2D eigenvalue weighted by molar-refractivity contribution is -0.135. The first-order valence-corrected chi connectivity index (χ1v) is 9.59. The van der Waals surface area contributed by atoms with Crippen molar-refractivity contribution in [2.45, 2.75) is 39.0 Å². The monoisotopic (exact) mass is 363 g/mol. The number of rotatable bonds is 6. The highest BCUT2D eigenvalue weighted by Crippen LogP contribution is 2.33. The summed E-state index contributed by atoms with van der Waals surface area (Å²) >= 11 is 6.09. The topological polar surface area (TPSA) is 61.4 Å². The molecule has 0 spiro atoms. The predicted octanol–water partition coefficient (Wildman–Crippen LogP) is 3.75. The third-order valence-corrected chi connectivity index (χ3v) is 5.07. The Balaban J connectivity index is 1.65. The van der Waals surface area contributed by atoms with Crippen LogP contribution in [-0.4, -0.2) is 36.3 Å². The minimum absolute atomic E-state index is 0.0323. The highest BCUT2D eigenvalue weighted by atomic mass is 35.5. The first kappa shape index (κ1) is 18.1. The molecule has 5 nitrogen and oxygen atoms in total. The third-order valence-electron chi connectivity index (χ3n) is 4.84. The summed E-state index contributed by atoms with van der Waals surface area (Å²) in [6, 6.07) is 5.47. The molecule has 1 heterocycles. The first-order chi connectivity index (χ1) is 12.1. The van der Waals surface area contributed by atoms with Crippen LogP contribution in [0.3, 0.4) is 0 Å². The van der Waals surface area contributed by atoms with Crippen molar-refractivity contribution in [3.63, 3.8) is 0 Å². The number of hydrogen-bond acceptors (Lipinski definition) is 3. The molecule has 136 valence electrons. The van der Waals surface area contributed by atoms with E-state index >= 15 is 0 Å². The second kappa shape index (κ2) is 8.09. The van der Waals surface area contributed by atoms with E-state index in [9.17, 15) is 9.59 Å². The molecule has 6 heteroatoms. The lowest BCUT2D eigenvalue weighted by atomic mass is 9.96. The minimum Gasteiger partial charge on any atom is -0.383 e. The molecular formula is C19H26ClN3O2. The largest absolute Gasteiger partial charge is 0.383 e. The van der Waals surface area contributed by atoms with Gasteiger partial charge in [0.05, 0.1) is 17.3 Å². The van der Waals surface area contributed by atoms with Crippen molar-refractivity contribution in [2.24, 2.45) is 11.8 Å². The highest BCUT2D eigenvalue weighted by Gasteiger charge is 2.36. The zero-order valence-corrected chi connectivity index (χ0v) is 15.4. The summed E-state index contributed by atoms with van der Waals surface area (Å²) in [5, 5.41) is 6.91. The fraction of sp³-hybridized carbons (Fsp3) is 0.579. The molecule has 1 unspecified atom stereocenters.